The van der Waals surface area contributed by atoms with E-state index < -0.39 is 16.1 Å². The second-order valence-corrected chi connectivity index (χ2v) is 15.1. The van der Waals surface area contributed by atoms with Crippen molar-refractivity contribution in [1.82, 2.24) is 19.9 Å². The van der Waals surface area contributed by atoms with E-state index in [-0.39, 0.29) is 46.7 Å². The van der Waals surface area contributed by atoms with Gasteiger partial charge in [-0.25, -0.2) is 13.1 Å². The molecule has 1 aliphatic heterocycles. The summed E-state index contributed by atoms with van der Waals surface area (Å²) in [6.45, 7) is 2.49. The molecule has 1 aliphatic rings. The third-order valence-electron chi connectivity index (χ3n) is 9.84. The maximum atomic E-state index is 13.1. The Morgan fingerprint density at radius 1 is 0.906 bits per heavy atom. The minimum absolute atomic E-state index is 0.0718. The van der Waals surface area contributed by atoms with E-state index in [9.17, 15) is 28.5 Å². The minimum Gasteiger partial charge on any atom is -0.508 e. The van der Waals surface area contributed by atoms with E-state index in [0.717, 1.165) is 42.6 Å². The number of aliphatic hydroxyl groups is 1. The molecule has 7 N–H and O–H groups in total. The van der Waals surface area contributed by atoms with Gasteiger partial charge in [-0.15, -0.1) is 0 Å². The first kappa shape index (κ1) is 39.2. The highest BCUT2D eigenvalue weighted by Gasteiger charge is 2.39. The number of rotatable bonds is 13. The molecule has 280 valence electrons. The zero-order valence-electron chi connectivity index (χ0n) is 29.5. The minimum atomic E-state index is -3.71. The molecule has 53 heavy (non-hydrogen) atoms. The molecule has 6 rings (SSSR count). The molecule has 0 radical (unpaired) electrons. The molecule has 1 atom stereocenters. The molecule has 1 fully saturated rings. The number of hydrogen-bond acceptors (Lipinski definition) is 9. The summed E-state index contributed by atoms with van der Waals surface area (Å²) < 4.78 is 28.8. The number of fused-ring (bicyclic) bond motifs is 1. The van der Waals surface area contributed by atoms with Crippen LogP contribution in [-0.4, -0.2) is 78.4 Å². The van der Waals surface area contributed by atoms with Gasteiger partial charge < -0.3 is 35.6 Å². The van der Waals surface area contributed by atoms with E-state index in [0.29, 0.717) is 36.1 Å². The third-order valence-corrected chi connectivity index (χ3v) is 11.3. The van der Waals surface area contributed by atoms with E-state index in [1.54, 1.807) is 42.5 Å². The van der Waals surface area contributed by atoms with Gasteiger partial charge in [-0.05, 0) is 98.4 Å². The normalized spacial score (nSPS) is 15.0. The van der Waals surface area contributed by atoms with E-state index >= 15 is 0 Å². The quantitative estimate of drug-likeness (QED) is 0.0673. The third kappa shape index (κ3) is 9.50. The van der Waals surface area contributed by atoms with Crippen LogP contribution in [0.25, 0.3) is 10.9 Å². The number of nitrogens with zero attached hydrogens (tertiary/aromatic N) is 1. The van der Waals surface area contributed by atoms with Gasteiger partial charge in [0.15, 0.2) is 0 Å². The number of aromatic amines is 1. The van der Waals surface area contributed by atoms with Crippen molar-refractivity contribution in [1.29, 1.82) is 0 Å². The lowest BCUT2D eigenvalue weighted by atomic mass is 9.67. The van der Waals surface area contributed by atoms with Crippen molar-refractivity contribution in [3.63, 3.8) is 0 Å². The van der Waals surface area contributed by atoms with Crippen molar-refractivity contribution < 1.29 is 33.6 Å². The molecule has 2 heterocycles. The molecule has 1 saturated heterocycles. The van der Waals surface area contributed by atoms with Crippen LogP contribution < -0.4 is 15.6 Å². The standard InChI is InChI=1S/C39H44N4O6S.CH2O2/c1-43-22-19-39(20-23-43,29-7-3-2-4-8-29)33-24-27(11-16-34(33)44)6-5-21-41-50(48,49)30-12-9-28(10-13-30)25-40-26-36(46)31-14-17-35(45)38-32(31)15-18-37(47)42-38;2-1-3/h2-4,7-18,24,36,40-41,44-46H,5-6,19-23,25-26H2,1H3,(H,42,47);1H,(H,2,3)/t36-;/m0./s1. The van der Waals surface area contributed by atoms with E-state index in [1.807, 2.05) is 24.3 Å². The molecule has 1 aromatic heterocycles. The molecular weight excluding hydrogens is 697 g/mol. The number of sulfonamides is 1. The molecule has 12 nitrogen and oxygen atoms in total. The Kier molecular flexibility index (Phi) is 13.0. The smallest absolute Gasteiger partial charge is 0.290 e. The zero-order valence-corrected chi connectivity index (χ0v) is 30.4. The lowest BCUT2D eigenvalue weighted by Gasteiger charge is -2.42. The number of nitrogens with one attached hydrogen (secondary N) is 3. The van der Waals surface area contributed by atoms with Crippen molar-refractivity contribution >= 4 is 27.4 Å². The van der Waals surface area contributed by atoms with Crippen molar-refractivity contribution in [3.05, 3.63) is 135 Å². The fourth-order valence-corrected chi connectivity index (χ4v) is 8.05. The van der Waals surface area contributed by atoms with Crippen molar-refractivity contribution in [2.45, 2.75) is 48.6 Å². The number of aryl methyl sites for hydroxylation is 1. The van der Waals surface area contributed by atoms with Gasteiger partial charge >= 0.3 is 0 Å². The average molecular weight is 743 g/mol. The summed E-state index contributed by atoms with van der Waals surface area (Å²) in [4.78, 5) is 25.1. The summed E-state index contributed by atoms with van der Waals surface area (Å²) >= 11 is 0. The maximum absolute atomic E-state index is 13.1. The number of H-pyrrole nitrogens is 1. The van der Waals surface area contributed by atoms with Crippen molar-refractivity contribution in [2.24, 2.45) is 0 Å². The lowest BCUT2D eigenvalue weighted by molar-refractivity contribution is -0.122. The number of piperidine rings is 1. The fourth-order valence-electron chi connectivity index (χ4n) is 6.97. The monoisotopic (exact) mass is 742 g/mol. The van der Waals surface area contributed by atoms with Crippen LogP contribution in [0.5, 0.6) is 11.5 Å². The Morgan fingerprint density at radius 2 is 1.57 bits per heavy atom. The molecule has 13 heteroatoms. The van der Waals surface area contributed by atoms with Crippen LogP contribution >= 0.6 is 0 Å². The highest BCUT2D eigenvalue weighted by atomic mass is 32.2. The molecular formula is C40H46N4O8S. The number of benzene rings is 4. The summed E-state index contributed by atoms with van der Waals surface area (Å²) in [6, 6.07) is 28.8. The summed E-state index contributed by atoms with van der Waals surface area (Å²) in [6.07, 6.45) is 2.17. The number of carbonyl (C=O) groups is 1. The summed E-state index contributed by atoms with van der Waals surface area (Å²) in [7, 11) is -1.59. The van der Waals surface area contributed by atoms with Crippen molar-refractivity contribution in [3.8, 4) is 11.5 Å². The topological polar surface area (TPSA) is 192 Å². The second kappa shape index (κ2) is 17.6. The molecule has 0 saturated carbocycles. The van der Waals surface area contributed by atoms with Gasteiger partial charge in [0, 0.05) is 42.1 Å². The van der Waals surface area contributed by atoms with Crippen LogP contribution in [0, 0.1) is 0 Å². The van der Waals surface area contributed by atoms with Gasteiger partial charge in [0.05, 0.1) is 16.5 Å². The van der Waals surface area contributed by atoms with Gasteiger partial charge in [0.1, 0.15) is 11.5 Å². The van der Waals surface area contributed by atoms with Crippen LogP contribution in [0.1, 0.15) is 53.2 Å². The highest BCUT2D eigenvalue weighted by molar-refractivity contribution is 7.89. The number of pyridine rings is 1. The number of phenolic OH excluding ortho intramolecular Hbond substituents is 2. The number of aromatic hydroxyl groups is 2. The van der Waals surface area contributed by atoms with E-state index in [1.165, 1.54) is 17.7 Å². The van der Waals surface area contributed by atoms with Crippen LogP contribution in [0.4, 0.5) is 0 Å². The molecule has 0 aliphatic carbocycles. The predicted octanol–water partition coefficient (Wildman–Crippen LogP) is 4.39. The fraction of sp³-hybridized carbons (Fsp3) is 0.300. The van der Waals surface area contributed by atoms with E-state index in [2.05, 4.69) is 45.2 Å². The van der Waals surface area contributed by atoms with Gasteiger partial charge in [0.2, 0.25) is 15.6 Å². The van der Waals surface area contributed by atoms with Gasteiger partial charge in [0.25, 0.3) is 6.47 Å². The number of phenols is 2. The zero-order chi connectivity index (χ0) is 38.0. The first-order valence-corrected chi connectivity index (χ1v) is 18.9. The van der Waals surface area contributed by atoms with Gasteiger partial charge in [-0.1, -0.05) is 60.7 Å². The number of hydrogen-bond donors (Lipinski definition) is 7. The van der Waals surface area contributed by atoms with Crippen LogP contribution in [0.15, 0.2) is 107 Å². The van der Waals surface area contributed by atoms with Crippen LogP contribution in [0.2, 0.25) is 0 Å². The molecule has 4 aromatic carbocycles. The predicted molar refractivity (Wildman–Crippen MR) is 204 cm³/mol. The Labute approximate surface area is 308 Å². The second-order valence-electron chi connectivity index (χ2n) is 13.3. The Morgan fingerprint density at radius 3 is 2.26 bits per heavy atom. The SMILES string of the molecule is CN1CCC(c2ccccc2)(c2cc(CCCNS(=O)(=O)c3ccc(CNC[C@H](O)c4ccc(O)c5[nH]c(=O)ccc45)cc3)ccc2O)CC1.O=CO. The molecule has 5 aromatic rings. The van der Waals surface area contributed by atoms with Crippen molar-refractivity contribution in [2.75, 3.05) is 33.2 Å². The Balaban J connectivity index is 0.00000175. The largest absolute Gasteiger partial charge is 0.508 e. The number of aromatic nitrogens is 1. The maximum Gasteiger partial charge on any atom is 0.290 e. The lowest BCUT2D eigenvalue weighted by Crippen LogP contribution is -2.41. The first-order chi connectivity index (χ1) is 25.5. The summed E-state index contributed by atoms with van der Waals surface area (Å²) in [5, 5.41) is 42.6. The molecule has 0 unspecified atom stereocenters. The van der Waals surface area contributed by atoms with Crippen LogP contribution in [0.3, 0.4) is 0 Å². The Hall–Kier alpha value is -5.05. The Bertz CT molecular complexity index is 2150. The van der Waals surface area contributed by atoms with Gasteiger partial charge in [-0.3, -0.25) is 9.59 Å². The highest BCUT2D eigenvalue weighted by Crippen LogP contribution is 2.45. The average Bonchev–Trinajstić information content (AvgIpc) is 3.16. The summed E-state index contributed by atoms with van der Waals surface area (Å²) in [5.41, 5.74) is 4.25. The van der Waals surface area contributed by atoms with Crippen LogP contribution in [-0.2, 0) is 33.2 Å². The number of aliphatic hydroxyl groups excluding tert-OH is 1. The first-order valence-electron chi connectivity index (χ1n) is 17.4. The molecule has 0 spiro atoms. The summed E-state index contributed by atoms with van der Waals surface area (Å²) in [5.74, 6) is 0.222. The molecule has 0 amide bonds. The van der Waals surface area contributed by atoms with E-state index in [4.69, 9.17) is 9.90 Å². The number of carboxylic acid groups (broad SMARTS) is 1. The molecule has 0 bridgehead atoms. The van der Waals surface area contributed by atoms with Gasteiger partial charge in [-0.2, -0.15) is 0 Å². The number of likely N-dealkylation sites (tertiary alicyclic amines) is 1.